The van der Waals surface area contributed by atoms with E-state index in [2.05, 4.69) is 10.6 Å². The van der Waals surface area contributed by atoms with E-state index in [-0.39, 0.29) is 11.5 Å². The molecule has 0 radical (unpaired) electrons. The number of rotatable bonds is 2. The Hall–Kier alpha value is -2.95. The highest BCUT2D eigenvalue weighted by Gasteiger charge is 2.26. The summed E-state index contributed by atoms with van der Waals surface area (Å²) in [4.78, 5) is 35.2. The maximum atomic E-state index is 12.1. The summed E-state index contributed by atoms with van der Waals surface area (Å²) in [5, 5.41) is 4.93. The van der Waals surface area contributed by atoms with Gasteiger partial charge < -0.3 is 5.32 Å². The van der Waals surface area contributed by atoms with E-state index in [9.17, 15) is 14.4 Å². The lowest BCUT2D eigenvalue weighted by Gasteiger charge is -2.06. The third-order valence-electron chi connectivity index (χ3n) is 3.27. The second kappa shape index (κ2) is 4.86. The molecule has 0 aliphatic carbocycles. The van der Waals surface area contributed by atoms with Crippen molar-refractivity contribution in [2.75, 3.05) is 5.32 Å². The van der Waals surface area contributed by atoms with Gasteiger partial charge in [-0.15, -0.1) is 0 Å². The maximum Gasteiger partial charge on any atom is 0.259 e. The van der Waals surface area contributed by atoms with Crippen molar-refractivity contribution in [3.8, 4) is 0 Å². The quantitative estimate of drug-likeness (QED) is 0.827. The highest BCUT2D eigenvalue weighted by Crippen LogP contribution is 2.20. The van der Waals surface area contributed by atoms with Gasteiger partial charge in [0.05, 0.1) is 11.1 Å². The van der Waals surface area contributed by atoms with Crippen molar-refractivity contribution in [3.63, 3.8) is 0 Å². The zero-order chi connectivity index (χ0) is 15.0. The molecule has 0 bridgehead atoms. The maximum absolute atomic E-state index is 12.1. The second-order valence-corrected chi connectivity index (χ2v) is 4.87. The van der Waals surface area contributed by atoms with E-state index in [0.717, 1.165) is 5.56 Å². The van der Waals surface area contributed by atoms with Crippen molar-refractivity contribution < 1.29 is 14.4 Å². The van der Waals surface area contributed by atoms with Gasteiger partial charge in [0, 0.05) is 11.3 Å². The van der Waals surface area contributed by atoms with Crippen molar-refractivity contribution in [1.82, 2.24) is 5.32 Å². The molecule has 3 rings (SSSR count). The Morgan fingerprint density at radius 1 is 1.00 bits per heavy atom. The smallest absolute Gasteiger partial charge is 0.259 e. The van der Waals surface area contributed by atoms with Crippen LogP contribution in [0, 0.1) is 6.92 Å². The number of carbonyl (C=O) groups excluding carboxylic acids is 3. The van der Waals surface area contributed by atoms with E-state index in [0.29, 0.717) is 16.8 Å². The van der Waals surface area contributed by atoms with Gasteiger partial charge in [0.1, 0.15) is 0 Å². The molecule has 0 saturated heterocycles. The summed E-state index contributed by atoms with van der Waals surface area (Å²) in [5.41, 5.74) is 2.61. The second-order valence-electron chi connectivity index (χ2n) is 4.87. The molecule has 0 atom stereocenters. The number of anilines is 1. The predicted octanol–water partition coefficient (Wildman–Crippen LogP) is 2.13. The third-order valence-corrected chi connectivity index (χ3v) is 3.27. The Morgan fingerprint density at radius 2 is 1.76 bits per heavy atom. The van der Waals surface area contributed by atoms with Gasteiger partial charge in [-0.1, -0.05) is 17.7 Å². The van der Waals surface area contributed by atoms with Crippen LogP contribution in [0.4, 0.5) is 5.69 Å². The van der Waals surface area contributed by atoms with Crippen LogP contribution >= 0.6 is 0 Å². The Labute approximate surface area is 121 Å². The molecular formula is C16H12N2O3. The molecule has 5 heteroatoms. The first-order valence-corrected chi connectivity index (χ1v) is 6.42. The molecule has 0 fully saturated rings. The molecule has 2 N–H and O–H groups in total. The van der Waals surface area contributed by atoms with Crippen LogP contribution in [-0.4, -0.2) is 17.7 Å². The van der Waals surface area contributed by atoms with Gasteiger partial charge in [0.2, 0.25) is 0 Å². The first-order valence-electron chi connectivity index (χ1n) is 6.42. The summed E-state index contributed by atoms with van der Waals surface area (Å²) in [5.74, 6) is -1.11. The van der Waals surface area contributed by atoms with E-state index in [1.54, 1.807) is 24.3 Å². The molecule has 104 valence electrons. The number of aryl methyl sites for hydroxylation is 1. The minimum absolute atomic E-state index is 0.261. The number of carbonyl (C=O) groups is 3. The molecule has 0 aromatic heterocycles. The van der Waals surface area contributed by atoms with Crippen LogP contribution in [0.3, 0.4) is 0 Å². The van der Waals surface area contributed by atoms with Crippen molar-refractivity contribution in [2.45, 2.75) is 6.92 Å². The highest BCUT2D eigenvalue weighted by atomic mass is 16.2. The molecule has 1 heterocycles. The molecule has 5 nitrogen and oxygen atoms in total. The monoisotopic (exact) mass is 280 g/mol. The number of hydrogen-bond acceptors (Lipinski definition) is 3. The summed E-state index contributed by atoms with van der Waals surface area (Å²) in [6, 6.07) is 11.8. The van der Waals surface area contributed by atoms with Crippen molar-refractivity contribution in [1.29, 1.82) is 0 Å². The molecule has 1 aliphatic heterocycles. The number of imide groups is 1. The zero-order valence-corrected chi connectivity index (χ0v) is 11.3. The topological polar surface area (TPSA) is 75.3 Å². The fourth-order valence-electron chi connectivity index (χ4n) is 2.24. The molecule has 2 aromatic rings. The first kappa shape index (κ1) is 13.1. The predicted molar refractivity (Wildman–Crippen MR) is 77.4 cm³/mol. The third kappa shape index (κ3) is 2.41. The van der Waals surface area contributed by atoms with Crippen LogP contribution in [0.5, 0.6) is 0 Å². The number of benzene rings is 2. The highest BCUT2D eigenvalue weighted by molar-refractivity contribution is 6.22. The van der Waals surface area contributed by atoms with Gasteiger partial charge >= 0.3 is 0 Å². The Morgan fingerprint density at radius 3 is 2.52 bits per heavy atom. The molecule has 2 aromatic carbocycles. The summed E-state index contributed by atoms with van der Waals surface area (Å²) in [7, 11) is 0. The largest absolute Gasteiger partial charge is 0.322 e. The summed E-state index contributed by atoms with van der Waals surface area (Å²) in [6.07, 6.45) is 0. The average molecular weight is 280 g/mol. The van der Waals surface area contributed by atoms with E-state index < -0.39 is 11.8 Å². The van der Waals surface area contributed by atoms with Crippen molar-refractivity contribution in [3.05, 3.63) is 64.7 Å². The van der Waals surface area contributed by atoms with E-state index in [1.165, 1.54) is 12.1 Å². The minimum Gasteiger partial charge on any atom is -0.322 e. The molecule has 0 unspecified atom stereocenters. The van der Waals surface area contributed by atoms with E-state index in [1.807, 2.05) is 13.0 Å². The van der Waals surface area contributed by atoms with Crippen LogP contribution < -0.4 is 10.6 Å². The number of hydrogen-bond donors (Lipinski definition) is 2. The molecule has 21 heavy (non-hydrogen) atoms. The molecular weight excluding hydrogens is 268 g/mol. The van der Waals surface area contributed by atoms with Crippen LogP contribution in [0.25, 0.3) is 0 Å². The molecule has 0 spiro atoms. The minimum atomic E-state index is -0.443. The van der Waals surface area contributed by atoms with Crippen LogP contribution in [0.2, 0.25) is 0 Å². The van der Waals surface area contributed by atoms with Gasteiger partial charge in [-0.25, -0.2) is 0 Å². The van der Waals surface area contributed by atoms with Crippen LogP contribution in [0.15, 0.2) is 42.5 Å². The molecule has 0 saturated carbocycles. The fraction of sp³-hybridized carbons (Fsp3) is 0.0625. The lowest BCUT2D eigenvalue weighted by atomic mass is 10.1. The van der Waals surface area contributed by atoms with E-state index in [4.69, 9.17) is 0 Å². The SMILES string of the molecule is Cc1cccc(C(=O)Nc2ccc3c(c2)C(=O)NC3=O)c1. The Bertz CT molecular complexity index is 781. The zero-order valence-electron chi connectivity index (χ0n) is 11.3. The van der Waals surface area contributed by atoms with Crippen molar-refractivity contribution >= 4 is 23.4 Å². The van der Waals surface area contributed by atoms with E-state index >= 15 is 0 Å². The first-order chi connectivity index (χ1) is 10.0. The number of fused-ring (bicyclic) bond motifs is 1. The van der Waals surface area contributed by atoms with Gasteiger partial charge in [0.15, 0.2) is 0 Å². The van der Waals surface area contributed by atoms with Crippen LogP contribution in [0.1, 0.15) is 36.6 Å². The van der Waals surface area contributed by atoms with Crippen molar-refractivity contribution in [2.24, 2.45) is 0 Å². The Kier molecular flexibility index (Phi) is 3.02. The standard InChI is InChI=1S/C16H12N2O3/c1-9-3-2-4-10(7-9)14(19)17-11-5-6-12-13(8-11)16(21)18-15(12)20/h2-8H,1H3,(H,17,19)(H,18,20,21). The van der Waals surface area contributed by atoms with Gasteiger partial charge in [-0.05, 0) is 37.3 Å². The Balaban J connectivity index is 1.86. The average Bonchev–Trinajstić information content (AvgIpc) is 2.74. The molecule has 3 amide bonds. The lowest BCUT2D eigenvalue weighted by molar-refractivity contribution is 0.0878. The fourth-order valence-corrected chi connectivity index (χ4v) is 2.24. The lowest BCUT2D eigenvalue weighted by Crippen LogP contribution is -2.19. The normalized spacial score (nSPS) is 12.8. The van der Waals surface area contributed by atoms with Gasteiger partial charge in [-0.3, -0.25) is 19.7 Å². The van der Waals surface area contributed by atoms with Gasteiger partial charge in [-0.2, -0.15) is 0 Å². The van der Waals surface area contributed by atoms with Crippen LogP contribution in [-0.2, 0) is 0 Å². The number of amides is 3. The summed E-state index contributed by atoms with van der Waals surface area (Å²) in [6.45, 7) is 1.90. The van der Waals surface area contributed by atoms with Gasteiger partial charge in [0.25, 0.3) is 17.7 Å². The number of nitrogens with one attached hydrogen (secondary N) is 2. The summed E-state index contributed by atoms with van der Waals surface area (Å²) < 4.78 is 0. The molecule has 1 aliphatic rings. The summed E-state index contributed by atoms with van der Waals surface area (Å²) >= 11 is 0.